The van der Waals surface area contributed by atoms with Gasteiger partial charge in [-0.25, -0.2) is 4.79 Å². The molecular weight excluding hydrogens is 238 g/mol. The predicted octanol–water partition coefficient (Wildman–Crippen LogP) is 3.46. The van der Waals surface area contributed by atoms with Crippen LogP contribution in [-0.2, 0) is 7.05 Å². The fourth-order valence-electron chi connectivity index (χ4n) is 1.90. The van der Waals surface area contributed by atoms with Gasteiger partial charge in [0.2, 0.25) is 0 Å². The maximum atomic E-state index is 11.4. The molecule has 4 heteroatoms. The summed E-state index contributed by atoms with van der Waals surface area (Å²) < 4.78 is 6.63. The quantitative estimate of drug-likeness (QED) is 0.786. The van der Waals surface area contributed by atoms with Crippen molar-refractivity contribution in [2.75, 3.05) is 0 Å². The standard InChI is InChI=1S/C13H16ClNO2/c1-8(2)6-10(14)9-4-5-11-12(7-9)17-13(16)15(11)3/h4-5,7-8,10H,6H2,1-3H3. The number of aryl methyl sites for hydroxylation is 1. The van der Waals surface area contributed by atoms with E-state index in [-0.39, 0.29) is 11.1 Å². The molecule has 0 bridgehead atoms. The number of hydrogen-bond acceptors (Lipinski definition) is 2. The molecule has 1 atom stereocenters. The van der Waals surface area contributed by atoms with E-state index in [1.807, 2.05) is 18.2 Å². The van der Waals surface area contributed by atoms with Crippen LogP contribution in [0.5, 0.6) is 0 Å². The van der Waals surface area contributed by atoms with Crippen molar-refractivity contribution in [2.45, 2.75) is 25.6 Å². The summed E-state index contributed by atoms with van der Waals surface area (Å²) in [6.07, 6.45) is 0.907. The number of nitrogens with zero attached hydrogens (tertiary/aromatic N) is 1. The van der Waals surface area contributed by atoms with E-state index in [0.29, 0.717) is 11.5 Å². The first kappa shape index (κ1) is 12.2. The minimum Gasteiger partial charge on any atom is -0.408 e. The van der Waals surface area contributed by atoms with Crippen LogP contribution in [0.4, 0.5) is 0 Å². The number of fused-ring (bicyclic) bond motifs is 1. The lowest BCUT2D eigenvalue weighted by Crippen LogP contribution is -2.08. The van der Waals surface area contributed by atoms with Gasteiger partial charge in [-0.05, 0) is 30.0 Å². The molecule has 0 aliphatic heterocycles. The summed E-state index contributed by atoms with van der Waals surface area (Å²) >= 11 is 6.32. The third-order valence-corrected chi connectivity index (χ3v) is 3.29. The van der Waals surface area contributed by atoms with Crippen molar-refractivity contribution in [2.24, 2.45) is 13.0 Å². The Morgan fingerprint density at radius 2 is 2.12 bits per heavy atom. The van der Waals surface area contributed by atoms with Gasteiger partial charge in [0.25, 0.3) is 0 Å². The van der Waals surface area contributed by atoms with E-state index in [1.165, 1.54) is 4.57 Å². The molecule has 0 aliphatic rings. The Kier molecular flexibility index (Phi) is 3.29. The summed E-state index contributed by atoms with van der Waals surface area (Å²) in [6, 6.07) is 5.69. The van der Waals surface area contributed by atoms with Crippen molar-refractivity contribution >= 4 is 22.7 Å². The van der Waals surface area contributed by atoms with E-state index >= 15 is 0 Å². The Bertz CT molecular complexity index is 583. The molecule has 0 fully saturated rings. The molecule has 1 heterocycles. The maximum absolute atomic E-state index is 11.4. The van der Waals surface area contributed by atoms with Gasteiger partial charge in [-0.2, -0.15) is 0 Å². The molecule has 1 aromatic carbocycles. The predicted molar refractivity (Wildman–Crippen MR) is 69.5 cm³/mol. The molecule has 1 unspecified atom stereocenters. The highest BCUT2D eigenvalue weighted by Crippen LogP contribution is 2.29. The first-order valence-electron chi connectivity index (χ1n) is 5.72. The van der Waals surface area contributed by atoms with Crippen molar-refractivity contribution in [3.05, 3.63) is 34.3 Å². The van der Waals surface area contributed by atoms with E-state index in [4.69, 9.17) is 16.0 Å². The Morgan fingerprint density at radius 3 is 2.76 bits per heavy atom. The minimum atomic E-state index is -0.341. The molecule has 2 rings (SSSR count). The molecule has 92 valence electrons. The second-order valence-corrected chi connectivity index (χ2v) is 5.28. The number of hydrogen-bond donors (Lipinski definition) is 0. The highest BCUT2D eigenvalue weighted by Gasteiger charge is 2.13. The van der Waals surface area contributed by atoms with Gasteiger partial charge in [0.05, 0.1) is 10.9 Å². The van der Waals surface area contributed by atoms with Crippen LogP contribution in [0.1, 0.15) is 31.2 Å². The third kappa shape index (κ3) is 2.39. The maximum Gasteiger partial charge on any atom is 0.419 e. The summed E-state index contributed by atoms with van der Waals surface area (Å²) in [4.78, 5) is 11.4. The van der Waals surface area contributed by atoms with E-state index in [9.17, 15) is 4.79 Å². The van der Waals surface area contributed by atoms with Gasteiger partial charge in [0.15, 0.2) is 5.58 Å². The van der Waals surface area contributed by atoms with E-state index < -0.39 is 0 Å². The lowest BCUT2D eigenvalue weighted by atomic mass is 10.0. The highest BCUT2D eigenvalue weighted by molar-refractivity contribution is 6.20. The van der Waals surface area contributed by atoms with E-state index in [1.54, 1.807) is 7.05 Å². The molecule has 0 radical (unpaired) electrons. The van der Waals surface area contributed by atoms with Crippen molar-refractivity contribution in [1.29, 1.82) is 0 Å². The van der Waals surface area contributed by atoms with Crippen LogP contribution >= 0.6 is 11.6 Å². The number of alkyl halides is 1. The van der Waals surface area contributed by atoms with Crippen molar-refractivity contribution < 1.29 is 4.42 Å². The lowest BCUT2D eigenvalue weighted by molar-refractivity contribution is 0.527. The second-order valence-electron chi connectivity index (χ2n) is 4.75. The Labute approximate surface area is 105 Å². The van der Waals surface area contributed by atoms with Crippen LogP contribution in [0.2, 0.25) is 0 Å². The molecule has 0 saturated heterocycles. The zero-order valence-electron chi connectivity index (χ0n) is 10.2. The van der Waals surface area contributed by atoms with Gasteiger partial charge < -0.3 is 4.42 Å². The number of benzene rings is 1. The summed E-state index contributed by atoms with van der Waals surface area (Å²) in [5, 5.41) is -0.0371. The summed E-state index contributed by atoms with van der Waals surface area (Å²) in [7, 11) is 1.69. The molecule has 1 aromatic heterocycles. The smallest absolute Gasteiger partial charge is 0.408 e. The Balaban J connectivity index is 2.41. The zero-order chi connectivity index (χ0) is 12.6. The zero-order valence-corrected chi connectivity index (χ0v) is 11.0. The molecule has 0 saturated carbocycles. The number of rotatable bonds is 3. The topological polar surface area (TPSA) is 35.1 Å². The average molecular weight is 254 g/mol. The van der Waals surface area contributed by atoms with Crippen molar-refractivity contribution in [3.63, 3.8) is 0 Å². The van der Waals surface area contributed by atoms with Crippen LogP contribution in [0.15, 0.2) is 27.4 Å². The summed E-state index contributed by atoms with van der Waals surface area (Å²) in [5.41, 5.74) is 2.40. The van der Waals surface area contributed by atoms with E-state index in [0.717, 1.165) is 17.5 Å². The second kappa shape index (κ2) is 4.57. The molecule has 0 amide bonds. The first-order valence-corrected chi connectivity index (χ1v) is 6.16. The summed E-state index contributed by atoms with van der Waals surface area (Å²) in [5.74, 6) is 0.197. The fraction of sp³-hybridized carbons (Fsp3) is 0.462. The highest BCUT2D eigenvalue weighted by atomic mass is 35.5. The van der Waals surface area contributed by atoms with Gasteiger partial charge >= 0.3 is 5.76 Å². The average Bonchev–Trinajstić information content (AvgIpc) is 2.53. The molecule has 0 N–H and O–H groups in total. The van der Waals surface area contributed by atoms with Gasteiger partial charge in [-0.15, -0.1) is 11.6 Å². The number of aromatic nitrogens is 1. The Hall–Kier alpha value is -1.22. The van der Waals surface area contributed by atoms with Crippen LogP contribution in [0, 0.1) is 5.92 Å². The van der Waals surface area contributed by atoms with Crippen molar-refractivity contribution in [1.82, 2.24) is 4.57 Å². The minimum absolute atomic E-state index is 0.0371. The van der Waals surface area contributed by atoms with Crippen LogP contribution in [-0.4, -0.2) is 4.57 Å². The molecule has 0 aliphatic carbocycles. The van der Waals surface area contributed by atoms with Crippen molar-refractivity contribution in [3.8, 4) is 0 Å². The lowest BCUT2D eigenvalue weighted by Gasteiger charge is -2.11. The molecule has 3 nitrogen and oxygen atoms in total. The molecule has 2 aromatic rings. The van der Waals surface area contributed by atoms with Gasteiger partial charge in [0, 0.05) is 7.05 Å². The normalized spacial score (nSPS) is 13.5. The number of halogens is 1. The monoisotopic (exact) mass is 253 g/mol. The molecular formula is C13H16ClNO2. The number of oxazole rings is 1. The van der Waals surface area contributed by atoms with Crippen LogP contribution in [0.3, 0.4) is 0 Å². The third-order valence-electron chi connectivity index (χ3n) is 2.86. The van der Waals surface area contributed by atoms with Crippen LogP contribution < -0.4 is 5.76 Å². The van der Waals surface area contributed by atoms with E-state index in [2.05, 4.69) is 13.8 Å². The molecule has 17 heavy (non-hydrogen) atoms. The van der Waals surface area contributed by atoms with Crippen LogP contribution in [0.25, 0.3) is 11.1 Å². The SMILES string of the molecule is CC(C)CC(Cl)c1ccc2c(c1)oc(=O)n2C. The first-order chi connectivity index (χ1) is 7.99. The van der Waals surface area contributed by atoms with Gasteiger partial charge in [-0.3, -0.25) is 4.57 Å². The fourth-order valence-corrected chi connectivity index (χ4v) is 2.39. The summed E-state index contributed by atoms with van der Waals surface area (Å²) in [6.45, 7) is 4.27. The Morgan fingerprint density at radius 1 is 1.41 bits per heavy atom. The molecule has 0 spiro atoms. The largest absolute Gasteiger partial charge is 0.419 e. The van der Waals surface area contributed by atoms with Gasteiger partial charge in [0.1, 0.15) is 0 Å². The van der Waals surface area contributed by atoms with Gasteiger partial charge in [-0.1, -0.05) is 19.9 Å².